The van der Waals surface area contributed by atoms with Gasteiger partial charge in [0, 0.05) is 11.7 Å². The molecule has 150 valence electrons. The van der Waals surface area contributed by atoms with Gasteiger partial charge in [-0.1, -0.05) is 38.3 Å². The molecule has 1 N–H and O–H groups in total. The maximum Gasteiger partial charge on any atom is 0.360 e. The second-order valence-corrected chi connectivity index (χ2v) is 7.02. The highest BCUT2D eigenvalue weighted by molar-refractivity contribution is 5.89. The lowest BCUT2D eigenvalue weighted by atomic mass is 9.94. The summed E-state index contributed by atoms with van der Waals surface area (Å²) in [6, 6.07) is 7.79. The number of nitrogens with one attached hydrogen (secondary N) is 1. The van der Waals surface area contributed by atoms with Crippen molar-refractivity contribution in [3.63, 3.8) is 0 Å². The van der Waals surface area contributed by atoms with Gasteiger partial charge in [-0.15, -0.1) is 0 Å². The summed E-state index contributed by atoms with van der Waals surface area (Å²) in [6.45, 7) is 2.29. The number of carbonyl (C=O) groups is 2. The van der Waals surface area contributed by atoms with Crippen molar-refractivity contribution >= 4 is 17.7 Å². The van der Waals surface area contributed by atoms with Crippen molar-refractivity contribution < 1.29 is 18.7 Å². The molecule has 0 atom stereocenters. The number of hydrogen-bond donors (Lipinski definition) is 1. The van der Waals surface area contributed by atoms with Crippen LogP contribution < -0.4 is 5.32 Å². The molecular weight excluding hydrogens is 358 g/mol. The summed E-state index contributed by atoms with van der Waals surface area (Å²) >= 11 is 0. The van der Waals surface area contributed by atoms with Crippen molar-refractivity contribution in [1.82, 2.24) is 9.88 Å². The maximum absolute atomic E-state index is 13.1. The molecule has 0 unspecified atom stereocenters. The lowest BCUT2D eigenvalue weighted by molar-refractivity contribution is 0.0594. The van der Waals surface area contributed by atoms with E-state index in [0.29, 0.717) is 5.89 Å². The van der Waals surface area contributed by atoms with Gasteiger partial charge in [0.15, 0.2) is 5.69 Å². The quantitative estimate of drug-likeness (QED) is 0.746. The Kier molecular flexibility index (Phi) is 6.68. The highest BCUT2D eigenvalue weighted by Crippen LogP contribution is 2.25. The summed E-state index contributed by atoms with van der Waals surface area (Å²) in [5.74, 6) is -0.233. The summed E-state index contributed by atoms with van der Waals surface area (Å²) in [5.41, 5.74) is 2.04. The lowest BCUT2D eigenvalue weighted by Crippen LogP contribution is -2.43. The lowest BCUT2D eigenvalue weighted by Gasteiger charge is -2.33. The first-order valence-corrected chi connectivity index (χ1v) is 9.80. The summed E-state index contributed by atoms with van der Waals surface area (Å²) in [4.78, 5) is 30.6. The summed E-state index contributed by atoms with van der Waals surface area (Å²) in [5, 5.41) is 3.00. The Labute approximate surface area is 165 Å². The molecule has 2 amide bonds. The molecule has 1 aromatic carbocycles. The number of ether oxygens (including phenoxy) is 1. The minimum Gasteiger partial charge on any atom is -0.464 e. The molecule has 0 spiro atoms. The first kappa shape index (κ1) is 19.9. The van der Waals surface area contributed by atoms with Crippen molar-refractivity contribution in [3.8, 4) is 0 Å². The average molecular weight is 385 g/mol. The summed E-state index contributed by atoms with van der Waals surface area (Å²) in [6.07, 6.45) is 7.46. The van der Waals surface area contributed by atoms with Gasteiger partial charge in [-0.2, -0.15) is 0 Å². The second-order valence-electron chi connectivity index (χ2n) is 7.02. The Morgan fingerprint density at radius 3 is 2.79 bits per heavy atom. The molecule has 0 saturated heterocycles. The van der Waals surface area contributed by atoms with Crippen LogP contribution in [0.15, 0.2) is 34.9 Å². The molecule has 0 bridgehead atoms. The number of rotatable bonds is 6. The van der Waals surface area contributed by atoms with E-state index in [2.05, 4.69) is 22.0 Å². The number of aryl methyl sites for hydroxylation is 1. The van der Waals surface area contributed by atoms with Crippen LogP contribution in [0.4, 0.5) is 10.5 Å². The van der Waals surface area contributed by atoms with Gasteiger partial charge in [0.25, 0.3) is 0 Å². The second kappa shape index (κ2) is 9.39. The molecule has 0 aliphatic heterocycles. The number of oxazole rings is 1. The van der Waals surface area contributed by atoms with Gasteiger partial charge < -0.3 is 19.4 Å². The topological polar surface area (TPSA) is 84.7 Å². The van der Waals surface area contributed by atoms with Crippen LogP contribution in [0.5, 0.6) is 0 Å². The number of amides is 2. The number of aromatic nitrogens is 1. The molecule has 28 heavy (non-hydrogen) atoms. The van der Waals surface area contributed by atoms with Crippen LogP contribution in [0.1, 0.15) is 61.0 Å². The highest BCUT2D eigenvalue weighted by Gasteiger charge is 2.27. The number of methoxy groups -OCH3 is 1. The Bertz CT molecular complexity index is 811. The molecule has 1 aromatic heterocycles. The van der Waals surface area contributed by atoms with Crippen LogP contribution in [-0.4, -0.2) is 35.0 Å². The van der Waals surface area contributed by atoms with Gasteiger partial charge in [-0.05, 0) is 37.0 Å². The van der Waals surface area contributed by atoms with E-state index in [-0.39, 0.29) is 24.3 Å². The zero-order chi connectivity index (χ0) is 19.9. The normalized spacial score (nSPS) is 14.5. The minimum atomic E-state index is -0.556. The fourth-order valence-corrected chi connectivity index (χ4v) is 3.55. The number of benzene rings is 1. The SMILES string of the molecule is CCc1cccc(NC(=O)N(Cc2nc(C(=O)OC)co2)C2CCCCC2)c1. The van der Waals surface area contributed by atoms with Crippen molar-refractivity contribution in [1.29, 1.82) is 0 Å². The first-order valence-electron chi connectivity index (χ1n) is 9.80. The molecule has 7 nitrogen and oxygen atoms in total. The third-order valence-corrected chi connectivity index (χ3v) is 5.11. The van der Waals surface area contributed by atoms with E-state index in [0.717, 1.165) is 43.4 Å². The number of urea groups is 1. The molecule has 2 aromatic rings. The van der Waals surface area contributed by atoms with Crippen LogP contribution in [0.3, 0.4) is 0 Å². The summed E-state index contributed by atoms with van der Waals surface area (Å²) in [7, 11) is 1.29. The van der Waals surface area contributed by atoms with Crippen molar-refractivity contribution in [2.45, 2.75) is 58.0 Å². The molecule has 3 rings (SSSR count). The minimum absolute atomic E-state index is 0.108. The van der Waals surface area contributed by atoms with Crippen LogP contribution in [0.2, 0.25) is 0 Å². The molecule has 1 saturated carbocycles. The van der Waals surface area contributed by atoms with E-state index in [1.54, 1.807) is 4.90 Å². The van der Waals surface area contributed by atoms with Crippen molar-refractivity contribution in [2.24, 2.45) is 0 Å². The standard InChI is InChI=1S/C21H27N3O4/c1-3-15-8-7-9-16(12-15)22-21(26)24(17-10-5-4-6-11-17)13-19-23-18(14-28-19)20(25)27-2/h7-9,12,14,17H,3-6,10-11,13H2,1-2H3,(H,22,26). The van der Waals surface area contributed by atoms with E-state index >= 15 is 0 Å². The monoisotopic (exact) mass is 385 g/mol. The third-order valence-electron chi connectivity index (χ3n) is 5.11. The predicted molar refractivity (Wildman–Crippen MR) is 105 cm³/mol. The van der Waals surface area contributed by atoms with Crippen LogP contribution in [-0.2, 0) is 17.7 Å². The number of carbonyl (C=O) groups excluding carboxylic acids is 2. The Morgan fingerprint density at radius 2 is 2.07 bits per heavy atom. The van der Waals surface area contributed by atoms with Crippen molar-refractivity contribution in [2.75, 3.05) is 12.4 Å². The Morgan fingerprint density at radius 1 is 1.29 bits per heavy atom. The Balaban J connectivity index is 1.76. The first-order chi connectivity index (χ1) is 13.6. The molecule has 1 aliphatic carbocycles. The largest absolute Gasteiger partial charge is 0.464 e. The summed E-state index contributed by atoms with van der Waals surface area (Å²) < 4.78 is 10.1. The number of hydrogen-bond acceptors (Lipinski definition) is 5. The number of anilines is 1. The molecular formula is C21H27N3O4. The van der Waals surface area contributed by atoms with E-state index in [9.17, 15) is 9.59 Å². The van der Waals surface area contributed by atoms with Crippen molar-refractivity contribution in [3.05, 3.63) is 47.7 Å². The number of nitrogens with zero attached hydrogens (tertiary/aromatic N) is 2. The zero-order valence-corrected chi connectivity index (χ0v) is 16.4. The van der Waals surface area contributed by atoms with Gasteiger partial charge in [0.2, 0.25) is 5.89 Å². The van der Waals surface area contributed by atoms with Gasteiger partial charge in [-0.3, -0.25) is 0 Å². The highest BCUT2D eigenvalue weighted by atomic mass is 16.5. The zero-order valence-electron chi connectivity index (χ0n) is 16.4. The molecule has 0 radical (unpaired) electrons. The van der Waals surface area contributed by atoms with Crippen LogP contribution in [0, 0.1) is 0 Å². The smallest absolute Gasteiger partial charge is 0.360 e. The molecule has 7 heteroatoms. The van der Waals surface area contributed by atoms with E-state index < -0.39 is 5.97 Å². The molecule has 1 aliphatic rings. The molecule has 1 fully saturated rings. The fraction of sp³-hybridized carbons (Fsp3) is 0.476. The van der Waals surface area contributed by atoms with E-state index in [1.165, 1.54) is 19.8 Å². The Hall–Kier alpha value is -2.83. The van der Waals surface area contributed by atoms with Gasteiger partial charge in [0.1, 0.15) is 6.26 Å². The van der Waals surface area contributed by atoms with Crippen LogP contribution in [0.25, 0.3) is 0 Å². The van der Waals surface area contributed by atoms with Gasteiger partial charge >= 0.3 is 12.0 Å². The average Bonchev–Trinajstić information content (AvgIpc) is 3.21. The molecule has 1 heterocycles. The maximum atomic E-state index is 13.1. The number of esters is 1. The fourth-order valence-electron chi connectivity index (χ4n) is 3.55. The van der Waals surface area contributed by atoms with E-state index in [1.807, 2.05) is 24.3 Å². The third kappa shape index (κ3) is 4.91. The predicted octanol–water partition coefficient (Wildman–Crippen LogP) is 4.39. The van der Waals surface area contributed by atoms with Gasteiger partial charge in [0.05, 0.1) is 13.7 Å². The van der Waals surface area contributed by atoms with Crippen LogP contribution >= 0.6 is 0 Å². The van der Waals surface area contributed by atoms with Gasteiger partial charge in [-0.25, -0.2) is 14.6 Å². The van der Waals surface area contributed by atoms with E-state index in [4.69, 9.17) is 4.42 Å².